The molecule has 3 unspecified atom stereocenters. The molecule has 2 fully saturated rings. The lowest BCUT2D eigenvalue weighted by Crippen LogP contribution is -2.34. The summed E-state index contributed by atoms with van der Waals surface area (Å²) in [5, 5.41) is 0. The Kier molecular flexibility index (Phi) is 4.88. The first-order chi connectivity index (χ1) is 8.92. The predicted octanol–water partition coefficient (Wildman–Crippen LogP) is 2.54. The van der Waals surface area contributed by atoms with E-state index in [1.165, 1.54) is 0 Å². The molecule has 2 saturated heterocycles. The van der Waals surface area contributed by atoms with Gasteiger partial charge in [-0.05, 0) is 33.6 Å². The standard InChI is InChI=1S/C15H28O4/c1-5-15(4,8-12-9-16-12)18-7-6-14(2,3)19-11-13-10-17-13/h12-13H,5-11H2,1-4H3. The molecule has 19 heavy (non-hydrogen) atoms. The second-order valence-electron chi connectivity index (χ2n) is 6.59. The maximum absolute atomic E-state index is 6.10. The molecule has 3 atom stereocenters. The Morgan fingerprint density at radius 3 is 2.21 bits per heavy atom. The van der Waals surface area contributed by atoms with Crippen molar-refractivity contribution in [1.29, 1.82) is 0 Å². The maximum atomic E-state index is 6.10. The lowest BCUT2D eigenvalue weighted by atomic mass is 9.96. The highest BCUT2D eigenvalue weighted by Crippen LogP contribution is 2.29. The largest absolute Gasteiger partial charge is 0.375 e. The van der Waals surface area contributed by atoms with Crippen LogP contribution in [0.5, 0.6) is 0 Å². The van der Waals surface area contributed by atoms with Crippen molar-refractivity contribution in [2.24, 2.45) is 0 Å². The van der Waals surface area contributed by atoms with Crippen LogP contribution in [0.3, 0.4) is 0 Å². The van der Waals surface area contributed by atoms with E-state index in [-0.39, 0.29) is 11.2 Å². The van der Waals surface area contributed by atoms with Gasteiger partial charge in [-0.15, -0.1) is 0 Å². The van der Waals surface area contributed by atoms with Crippen LogP contribution in [-0.2, 0) is 18.9 Å². The van der Waals surface area contributed by atoms with Gasteiger partial charge in [0.25, 0.3) is 0 Å². The third-order valence-electron chi connectivity index (χ3n) is 4.03. The number of hydrogen-bond donors (Lipinski definition) is 0. The minimum atomic E-state index is -0.142. The molecule has 0 aromatic carbocycles. The molecule has 0 N–H and O–H groups in total. The van der Waals surface area contributed by atoms with Crippen LogP contribution in [0.2, 0.25) is 0 Å². The highest BCUT2D eigenvalue weighted by atomic mass is 16.6. The summed E-state index contributed by atoms with van der Waals surface area (Å²) in [5.74, 6) is 0. The van der Waals surface area contributed by atoms with E-state index in [0.717, 1.165) is 39.1 Å². The Balaban J connectivity index is 1.64. The van der Waals surface area contributed by atoms with Crippen LogP contribution < -0.4 is 0 Å². The van der Waals surface area contributed by atoms with Gasteiger partial charge in [0.2, 0.25) is 0 Å². The van der Waals surface area contributed by atoms with Gasteiger partial charge in [0, 0.05) is 6.42 Å². The van der Waals surface area contributed by atoms with Crippen molar-refractivity contribution in [3.63, 3.8) is 0 Å². The van der Waals surface area contributed by atoms with Gasteiger partial charge in [-0.25, -0.2) is 0 Å². The lowest BCUT2D eigenvalue weighted by molar-refractivity contribution is -0.0860. The summed E-state index contributed by atoms with van der Waals surface area (Å²) in [4.78, 5) is 0. The van der Waals surface area contributed by atoms with E-state index in [1.54, 1.807) is 0 Å². The molecule has 0 amide bonds. The Hall–Kier alpha value is -0.160. The number of ether oxygens (including phenoxy) is 4. The van der Waals surface area contributed by atoms with Crippen molar-refractivity contribution < 1.29 is 18.9 Å². The van der Waals surface area contributed by atoms with E-state index < -0.39 is 0 Å². The second-order valence-corrected chi connectivity index (χ2v) is 6.59. The molecule has 2 rings (SSSR count). The average molecular weight is 272 g/mol. The zero-order valence-electron chi connectivity index (χ0n) is 12.7. The van der Waals surface area contributed by atoms with Gasteiger partial charge in [0.1, 0.15) is 6.10 Å². The maximum Gasteiger partial charge on any atom is 0.104 e. The van der Waals surface area contributed by atoms with Crippen molar-refractivity contribution in [3.8, 4) is 0 Å². The monoisotopic (exact) mass is 272 g/mol. The normalized spacial score (nSPS) is 29.1. The van der Waals surface area contributed by atoms with Crippen molar-refractivity contribution in [2.45, 2.75) is 70.4 Å². The average Bonchev–Trinajstić information content (AvgIpc) is 3.21. The highest BCUT2D eigenvalue weighted by molar-refractivity contribution is 4.84. The van der Waals surface area contributed by atoms with Gasteiger partial charge >= 0.3 is 0 Å². The molecule has 0 bridgehead atoms. The quantitative estimate of drug-likeness (QED) is 0.573. The highest BCUT2D eigenvalue weighted by Gasteiger charge is 2.34. The Labute approximate surface area is 116 Å². The van der Waals surface area contributed by atoms with E-state index in [1.807, 2.05) is 0 Å². The van der Waals surface area contributed by atoms with E-state index >= 15 is 0 Å². The number of rotatable bonds is 10. The van der Waals surface area contributed by atoms with E-state index in [2.05, 4.69) is 27.7 Å². The van der Waals surface area contributed by atoms with Crippen LogP contribution in [0.15, 0.2) is 0 Å². The van der Waals surface area contributed by atoms with Crippen LogP contribution in [-0.4, -0.2) is 49.8 Å². The molecular weight excluding hydrogens is 244 g/mol. The molecule has 0 saturated carbocycles. The Morgan fingerprint density at radius 1 is 1.05 bits per heavy atom. The summed E-state index contributed by atoms with van der Waals surface area (Å²) in [6.07, 6.45) is 3.67. The SMILES string of the molecule is CCC(C)(CC1CO1)OCCC(C)(C)OCC1CO1. The van der Waals surface area contributed by atoms with Gasteiger partial charge in [0.15, 0.2) is 0 Å². The third-order valence-corrected chi connectivity index (χ3v) is 4.03. The van der Waals surface area contributed by atoms with Crippen molar-refractivity contribution in [2.75, 3.05) is 26.4 Å². The third kappa shape index (κ3) is 5.78. The fourth-order valence-corrected chi connectivity index (χ4v) is 2.07. The molecule has 4 nitrogen and oxygen atoms in total. The zero-order valence-corrected chi connectivity index (χ0v) is 12.7. The van der Waals surface area contributed by atoms with Gasteiger partial charge in [-0.1, -0.05) is 6.92 Å². The lowest BCUT2D eigenvalue weighted by Gasteiger charge is -2.31. The summed E-state index contributed by atoms with van der Waals surface area (Å²) in [5.41, 5.74) is -0.201. The van der Waals surface area contributed by atoms with E-state index in [4.69, 9.17) is 18.9 Å². The molecule has 112 valence electrons. The Morgan fingerprint density at radius 2 is 1.68 bits per heavy atom. The van der Waals surface area contributed by atoms with Crippen LogP contribution in [0, 0.1) is 0 Å². The molecule has 2 aliphatic heterocycles. The van der Waals surface area contributed by atoms with Crippen LogP contribution in [0.1, 0.15) is 47.0 Å². The molecule has 0 radical (unpaired) electrons. The molecule has 2 aliphatic rings. The summed E-state index contributed by atoms with van der Waals surface area (Å²) >= 11 is 0. The van der Waals surface area contributed by atoms with Gasteiger partial charge in [-0.2, -0.15) is 0 Å². The first-order valence-electron chi connectivity index (χ1n) is 7.44. The summed E-state index contributed by atoms with van der Waals surface area (Å²) < 4.78 is 22.4. The van der Waals surface area contributed by atoms with Crippen LogP contribution in [0.4, 0.5) is 0 Å². The van der Waals surface area contributed by atoms with Crippen molar-refractivity contribution in [3.05, 3.63) is 0 Å². The summed E-state index contributed by atoms with van der Waals surface area (Å²) in [6.45, 7) is 11.8. The summed E-state index contributed by atoms with van der Waals surface area (Å²) in [6, 6.07) is 0. The summed E-state index contributed by atoms with van der Waals surface area (Å²) in [7, 11) is 0. The van der Waals surface area contributed by atoms with E-state index in [0.29, 0.717) is 18.8 Å². The molecule has 4 heteroatoms. The molecule has 2 heterocycles. The number of hydrogen-bond acceptors (Lipinski definition) is 4. The minimum absolute atomic E-state index is 0.0587. The number of epoxide rings is 2. The predicted molar refractivity (Wildman–Crippen MR) is 73.4 cm³/mol. The fraction of sp³-hybridized carbons (Fsp3) is 1.00. The molecule has 0 aliphatic carbocycles. The first kappa shape index (κ1) is 15.2. The topological polar surface area (TPSA) is 43.5 Å². The zero-order chi connectivity index (χ0) is 13.9. The van der Waals surface area contributed by atoms with E-state index in [9.17, 15) is 0 Å². The first-order valence-corrected chi connectivity index (χ1v) is 7.44. The molecule has 0 aromatic rings. The smallest absolute Gasteiger partial charge is 0.104 e. The van der Waals surface area contributed by atoms with Gasteiger partial charge in [-0.3, -0.25) is 0 Å². The second kappa shape index (κ2) is 6.08. The Bertz CT molecular complexity index is 284. The molecular formula is C15H28O4. The van der Waals surface area contributed by atoms with Crippen molar-refractivity contribution >= 4 is 0 Å². The van der Waals surface area contributed by atoms with Gasteiger partial charge in [0.05, 0.1) is 43.7 Å². The molecule has 0 aromatic heterocycles. The van der Waals surface area contributed by atoms with Crippen LogP contribution in [0.25, 0.3) is 0 Å². The van der Waals surface area contributed by atoms with Crippen LogP contribution >= 0.6 is 0 Å². The van der Waals surface area contributed by atoms with Gasteiger partial charge < -0.3 is 18.9 Å². The molecule has 0 spiro atoms. The van der Waals surface area contributed by atoms with Crippen molar-refractivity contribution in [1.82, 2.24) is 0 Å². The minimum Gasteiger partial charge on any atom is -0.375 e. The fourth-order valence-electron chi connectivity index (χ4n) is 2.07.